The molecule has 148 valence electrons. The minimum Gasteiger partial charge on any atom is -0.355 e. The van der Waals surface area contributed by atoms with Crippen LogP contribution in [0.3, 0.4) is 0 Å². The van der Waals surface area contributed by atoms with E-state index in [0.717, 1.165) is 12.1 Å². The molecular weight excluding hydrogens is 371 g/mol. The predicted molar refractivity (Wildman–Crippen MR) is 99.3 cm³/mol. The van der Waals surface area contributed by atoms with Crippen molar-refractivity contribution in [1.82, 2.24) is 9.80 Å². The second-order valence-electron chi connectivity index (χ2n) is 6.55. The van der Waals surface area contributed by atoms with Gasteiger partial charge in [-0.25, -0.2) is 0 Å². The first-order valence-electron chi connectivity index (χ1n) is 8.84. The van der Waals surface area contributed by atoms with Gasteiger partial charge in [0.1, 0.15) is 0 Å². The number of halogens is 3. The van der Waals surface area contributed by atoms with Gasteiger partial charge in [0.2, 0.25) is 5.91 Å². The Balaban J connectivity index is 1.79. The highest BCUT2D eigenvalue weighted by Crippen LogP contribution is 2.32. The Kier molecular flexibility index (Phi) is 5.58. The van der Waals surface area contributed by atoms with Gasteiger partial charge in [-0.05, 0) is 30.3 Å². The maximum atomic E-state index is 12.9. The second-order valence-corrected chi connectivity index (χ2v) is 6.55. The molecule has 1 saturated heterocycles. The smallest absolute Gasteiger partial charge is 0.355 e. The van der Waals surface area contributed by atoms with E-state index in [1.54, 1.807) is 34.1 Å². The Morgan fingerprint density at radius 2 is 1.57 bits per heavy atom. The number of nitrogens with one attached hydrogen (secondary N) is 1. The van der Waals surface area contributed by atoms with Crippen molar-refractivity contribution in [2.24, 2.45) is 0 Å². The molecular formula is C20H20F3N3O2. The lowest BCUT2D eigenvalue weighted by Crippen LogP contribution is -2.50. The van der Waals surface area contributed by atoms with Crippen LogP contribution in [0.1, 0.15) is 22.8 Å². The summed E-state index contributed by atoms with van der Waals surface area (Å²) in [6.45, 7) is 3.24. The Morgan fingerprint density at radius 3 is 2.21 bits per heavy atom. The molecule has 0 spiro atoms. The van der Waals surface area contributed by atoms with Gasteiger partial charge in [0, 0.05) is 38.8 Å². The van der Waals surface area contributed by atoms with Gasteiger partial charge in [-0.2, -0.15) is 13.2 Å². The number of nitrogens with zero attached hydrogens (tertiary/aromatic N) is 2. The molecule has 3 rings (SSSR count). The predicted octanol–water partition coefficient (Wildman–Crippen LogP) is 3.75. The molecule has 1 aliphatic heterocycles. The van der Waals surface area contributed by atoms with E-state index in [1.165, 1.54) is 19.1 Å². The molecule has 1 N–H and O–H groups in total. The average molecular weight is 391 g/mol. The van der Waals surface area contributed by atoms with Crippen LogP contribution in [-0.4, -0.2) is 47.8 Å². The minimum atomic E-state index is -4.44. The van der Waals surface area contributed by atoms with Crippen molar-refractivity contribution in [1.29, 1.82) is 0 Å². The van der Waals surface area contributed by atoms with Crippen LogP contribution in [0.5, 0.6) is 0 Å². The summed E-state index contributed by atoms with van der Waals surface area (Å²) in [7, 11) is 0. The molecule has 0 bridgehead atoms. The molecule has 2 aromatic carbocycles. The van der Waals surface area contributed by atoms with Crippen LogP contribution in [0.2, 0.25) is 0 Å². The maximum absolute atomic E-state index is 12.9. The van der Waals surface area contributed by atoms with Crippen molar-refractivity contribution in [3.05, 3.63) is 59.7 Å². The standard InChI is InChI=1S/C20H20F3N3O2/c1-14(27)25-9-11-26(12-10-25)19(28)17-7-2-3-8-18(17)24-16-6-4-5-15(13-16)20(21,22)23/h2-8,13,24H,9-12H2,1H3. The summed E-state index contributed by atoms with van der Waals surface area (Å²) in [5, 5.41) is 2.92. The van der Waals surface area contributed by atoms with Crippen LogP contribution in [-0.2, 0) is 11.0 Å². The summed E-state index contributed by atoms with van der Waals surface area (Å²) in [5.74, 6) is -0.253. The zero-order valence-corrected chi connectivity index (χ0v) is 15.3. The number of hydrogen-bond acceptors (Lipinski definition) is 3. The first kappa shape index (κ1) is 19.7. The Labute approximate surface area is 160 Å². The van der Waals surface area contributed by atoms with Gasteiger partial charge in [-0.15, -0.1) is 0 Å². The van der Waals surface area contributed by atoms with Crippen molar-refractivity contribution in [3.63, 3.8) is 0 Å². The number of anilines is 2. The molecule has 0 unspecified atom stereocenters. The lowest BCUT2D eigenvalue weighted by molar-refractivity contribution is -0.137. The highest BCUT2D eigenvalue weighted by atomic mass is 19.4. The number of benzene rings is 2. The van der Waals surface area contributed by atoms with Crippen LogP contribution >= 0.6 is 0 Å². The monoisotopic (exact) mass is 391 g/mol. The topological polar surface area (TPSA) is 52.7 Å². The molecule has 8 heteroatoms. The van der Waals surface area contributed by atoms with Crippen molar-refractivity contribution in [3.8, 4) is 0 Å². The van der Waals surface area contributed by atoms with Crippen molar-refractivity contribution in [2.75, 3.05) is 31.5 Å². The molecule has 2 aromatic rings. The first-order chi connectivity index (χ1) is 13.3. The number of rotatable bonds is 3. The maximum Gasteiger partial charge on any atom is 0.416 e. The van der Waals surface area contributed by atoms with E-state index in [1.807, 2.05) is 0 Å². The van der Waals surface area contributed by atoms with Gasteiger partial charge in [0.25, 0.3) is 5.91 Å². The molecule has 0 saturated carbocycles. The van der Waals surface area contributed by atoms with Crippen LogP contribution < -0.4 is 5.32 Å². The largest absolute Gasteiger partial charge is 0.416 e. The number of carbonyl (C=O) groups excluding carboxylic acids is 2. The molecule has 2 amide bonds. The lowest BCUT2D eigenvalue weighted by Gasteiger charge is -2.34. The Hall–Kier alpha value is -3.03. The Morgan fingerprint density at radius 1 is 0.929 bits per heavy atom. The van der Waals surface area contributed by atoms with Crippen molar-refractivity contribution in [2.45, 2.75) is 13.1 Å². The first-order valence-corrected chi connectivity index (χ1v) is 8.84. The number of carbonyl (C=O) groups is 2. The molecule has 1 aliphatic rings. The van der Waals surface area contributed by atoms with Crippen molar-refractivity contribution < 1.29 is 22.8 Å². The summed E-state index contributed by atoms with van der Waals surface area (Å²) in [6, 6.07) is 11.5. The van der Waals surface area contributed by atoms with Gasteiger partial charge in [-0.3, -0.25) is 9.59 Å². The van der Waals surface area contributed by atoms with Gasteiger partial charge in [-0.1, -0.05) is 18.2 Å². The summed E-state index contributed by atoms with van der Waals surface area (Å²) >= 11 is 0. The zero-order valence-electron chi connectivity index (χ0n) is 15.3. The van der Waals surface area contributed by atoms with Crippen LogP contribution in [0, 0.1) is 0 Å². The third kappa shape index (κ3) is 4.44. The molecule has 1 heterocycles. The lowest BCUT2D eigenvalue weighted by atomic mass is 10.1. The average Bonchev–Trinajstić information content (AvgIpc) is 2.67. The molecule has 5 nitrogen and oxygen atoms in total. The molecule has 0 atom stereocenters. The molecule has 28 heavy (non-hydrogen) atoms. The number of amides is 2. The number of hydrogen-bond donors (Lipinski definition) is 1. The van der Waals surface area contributed by atoms with E-state index in [-0.39, 0.29) is 17.5 Å². The Bertz CT molecular complexity index is 875. The van der Waals surface area contributed by atoms with E-state index in [2.05, 4.69) is 5.32 Å². The van der Waals surface area contributed by atoms with Crippen LogP contribution in [0.15, 0.2) is 48.5 Å². The quantitative estimate of drug-likeness (QED) is 0.867. The van der Waals surface area contributed by atoms with Crippen LogP contribution in [0.25, 0.3) is 0 Å². The fourth-order valence-electron chi connectivity index (χ4n) is 3.10. The molecule has 0 radical (unpaired) electrons. The fraction of sp³-hybridized carbons (Fsp3) is 0.300. The highest BCUT2D eigenvalue weighted by molar-refractivity contribution is 6.00. The third-order valence-corrected chi connectivity index (χ3v) is 4.64. The SMILES string of the molecule is CC(=O)N1CCN(C(=O)c2ccccc2Nc2cccc(C(F)(F)F)c2)CC1. The molecule has 1 fully saturated rings. The normalized spacial score (nSPS) is 14.7. The minimum absolute atomic E-state index is 0.0290. The molecule has 0 aromatic heterocycles. The highest BCUT2D eigenvalue weighted by Gasteiger charge is 2.30. The number of alkyl halides is 3. The van der Waals surface area contributed by atoms with Crippen molar-refractivity contribution >= 4 is 23.2 Å². The van der Waals surface area contributed by atoms with E-state index < -0.39 is 11.7 Å². The summed E-state index contributed by atoms with van der Waals surface area (Å²) in [6.07, 6.45) is -4.44. The summed E-state index contributed by atoms with van der Waals surface area (Å²) in [4.78, 5) is 27.7. The van der Waals surface area contributed by atoms with E-state index >= 15 is 0 Å². The summed E-state index contributed by atoms with van der Waals surface area (Å²) < 4.78 is 38.8. The van der Waals surface area contributed by atoms with Gasteiger partial charge < -0.3 is 15.1 Å². The number of para-hydroxylation sites is 1. The van der Waals surface area contributed by atoms with Crippen LogP contribution in [0.4, 0.5) is 24.5 Å². The fourth-order valence-corrected chi connectivity index (χ4v) is 3.10. The molecule has 0 aliphatic carbocycles. The van der Waals surface area contributed by atoms with E-state index in [0.29, 0.717) is 37.4 Å². The second kappa shape index (κ2) is 7.92. The van der Waals surface area contributed by atoms with E-state index in [4.69, 9.17) is 0 Å². The zero-order chi connectivity index (χ0) is 20.3. The van der Waals surface area contributed by atoms with Gasteiger partial charge >= 0.3 is 6.18 Å². The third-order valence-electron chi connectivity index (χ3n) is 4.64. The number of piperazine rings is 1. The van der Waals surface area contributed by atoms with Gasteiger partial charge in [0.15, 0.2) is 0 Å². The summed E-state index contributed by atoms with van der Waals surface area (Å²) in [5.41, 5.74) is 0.287. The van der Waals surface area contributed by atoms with Gasteiger partial charge in [0.05, 0.1) is 16.8 Å². The van der Waals surface area contributed by atoms with E-state index in [9.17, 15) is 22.8 Å².